The predicted molar refractivity (Wildman–Crippen MR) is 74.9 cm³/mol. The number of amides is 1. The van der Waals surface area contributed by atoms with Crippen molar-refractivity contribution in [2.45, 2.75) is 38.8 Å². The van der Waals surface area contributed by atoms with Crippen LogP contribution < -0.4 is 5.32 Å². The molecule has 1 rings (SSSR count). The quantitative estimate of drug-likeness (QED) is 0.869. The van der Waals surface area contributed by atoms with Crippen molar-refractivity contribution >= 4 is 22.0 Å². The molecule has 1 aromatic rings. The summed E-state index contributed by atoms with van der Waals surface area (Å²) in [5, 5.41) is 3.50. The van der Waals surface area contributed by atoms with Crippen LogP contribution in [0.15, 0.2) is 24.5 Å². The molecule has 1 unspecified atom stereocenters. The van der Waals surface area contributed by atoms with Gasteiger partial charge in [-0.1, -0.05) is 22.0 Å². The molecule has 0 aliphatic carbocycles. The molecule has 1 aromatic heterocycles. The number of nitrogens with zero attached hydrogens (tertiary/aromatic N) is 1. The zero-order valence-corrected chi connectivity index (χ0v) is 12.5. The highest BCUT2D eigenvalue weighted by molar-refractivity contribution is 9.09. The Hall–Kier alpha value is -1.10. The fraction of sp³-hybridized carbons (Fsp3) is 0.538. The standard InChI is InChI=1S/C13H19BrN2O2/c1-13(2,3)18-12(17)16-11(8-14)7-10-5-4-6-15-9-10/h4-6,9,11H,7-8H2,1-3H3,(H,16,17). The van der Waals surface area contributed by atoms with Gasteiger partial charge in [-0.05, 0) is 38.8 Å². The Labute approximate surface area is 116 Å². The second-order valence-electron chi connectivity index (χ2n) is 5.06. The molecule has 18 heavy (non-hydrogen) atoms. The van der Waals surface area contributed by atoms with E-state index in [-0.39, 0.29) is 6.04 Å². The molecule has 100 valence electrons. The third-order valence-corrected chi connectivity index (χ3v) is 2.89. The highest BCUT2D eigenvalue weighted by atomic mass is 79.9. The van der Waals surface area contributed by atoms with Crippen molar-refractivity contribution in [3.05, 3.63) is 30.1 Å². The molecule has 1 atom stereocenters. The van der Waals surface area contributed by atoms with Gasteiger partial charge in [-0.2, -0.15) is 0 Å². The van der Waals surface area contributed by atoms with E-state index in [9.17, 15) is 4.79 Å². The molecule has 1 amide bonds. The maximum atomic E-state index is 11.6. The van der Waals surface area contributed by atoms with Crippen LogP contribution in [-0.2, 0) is 11.2 Å². The number of ether oxygens (including phenoxy) is 1. The Morgan fingerprint density at radius 1 is 1.56 bits per heavy atom. The number of carbonyl (C=O) groups is 1. The van der Waals surface area contributed by atoms with E-state index in [1.807, 2.05) is 32.9 Å². The van der Waals surface area contributed by atoms with Crippen molar-refractivity contribution in [1.82, 2.24) is 10.3 Å². The van der Waals surface area contributed by atoms with Crippen LogP contribution in [0.25, 0.3) is 0 Å². The minimum Gasteiger partial charge on any atom is -0.444 e. The van der Waals surface area contributed by atoms with E-state index in [1.165, 1.54) is 0 Å². The Morgan fingerprint density at radius 3 is 2.78 bits per heavy atom. The number of pyridine rings is 1. The number of aromatic nitrogens is 1. The van der Waals surface area contributed by atoms with E-state index in [1.54, 1.807) is 12.4 Å². The van der Waals surface area contributed by atoms with Gasteiger partial charge in [0.25, 0.3) is 0 Å². The molecule has 4 nitrogen and oxygen atoms in total. The molecule has 0 spiro atoms. The van der Waals surface area contributed by atoms with Crippen LogP contribution in [0.2, 0.25) is 0 Å². The van der Waals surface area contributed by atoms with E-state index in [0.29, 0.717) is 5.33 Å². The van der Waals surface area contributed by atoms with Gasteiger partial charge in [-0.3, -0.25) is 4.98 Å². The molecule has 0 aromatic carbocycles. The molecule has 5 heteroatoms. The van der Waals surface area contributed by atoms with Gasteiger partial charge in [0.2, 0.25) is 0 Å². The molecule has 0 saturated heterocycles. The van der Waals surface area contributed by atoms with Crippen LogP contribution >= 0.6 is 15.9 Å². The number of rotatable bonds is 4. The highest BCUT2D eigenvalue weighted by Gasteiger charge is 2.19. The van der Waals surface area contributed by atoms with Gasteiger partial charge in [0.15, 0.2) is 0 Å². The number of hydrogen-bond acceptors (Lipinski definition) is 3. The first kappa shape index (κ1) is 15.0. The minimum atomic E-state index is -0.477. The summed E-state index contributed by atoms with van der Waals surface area (Å²) >= 11 is 3.39. The number of alkyl carbamates (subject to hydrolysis) is 1. The van der Waals surface area contributed by atoms with Gasteiger partial charge in [0.05, 0.1) is 0 Å². The van der Waals surface area contributed by atoms with Crippen LogP contribution in [0.4, 0.5) is 4.79 Å². The summed E-state index contributed by atoms with van der Waals surface area (Å²) < 4.78 is 5.22. The Bertz CT molecular complexity index is 376. The average Bonchev–Trinajstić information content (AvgIpc) is 2.27. The average molecular weight is 315 g/mol. The third-order valence-electron chi connectivity index (χ3n) is 2.11. The van der Waals surface area contributed by atoms with Crippen molar-refractivity contribution in [1.29, 1.82) is 0 Å². The topological polar surface area (TPSA) is 51.2 Å². The van der Waals surface area contributed by atoms with Gasteiger partial charge in [0, 0.05) is 23.8 Å². The van der Waals surface area contributed by atoms with Gasteiger partial charge in [-0.15, -0.1) is 0 Å². The van der Waals surface area contributed by atoms with Crippen molar-refractivity contribution in [3.63, 3.8) is 0 Å². The molecule has 0 bridgehead atoms. The van der Waals surface area contributed by atoms with Crippen molar-refractivity contribution in [3.8, 4) is 0 Å². The Balaban J connectivity index is 2.50. The van der Waals surface area contributed by atoms with E-state index in [2.05, 4.69) is 26.2 Å². The summed E-state index contributed by atoms with van der Waals surface area (Å²) in [6.45, 7) is 5.53. The smallest absolute Gasteiger partial charge is 0.407 e. The summed E-state index contributed by atoms with van der Waals surface area (Å²) in [6, 6.07) is 3.86. The largest absolute Gasteiger partial charge is 0.444 e. The first-order chi connectivity index (χ1) is 8.40. The number of carbonyl (C=O) groups excluding carboxylic acids is 1. The second kappa shape index (κ2) is 6.73. The van der Waals surface area contributed by atoms with E-state index in [0.717, 1.165) is 12.0 Å². The molecular weight excluding hydrogens is 296 g/mol. The molecule has 1 heterocycles. The first-order valence-corrected chi connectivity index (χ1v) is 6.97. The van der Waals surface area contributed by atoms with Crippen LogP contribution in [0, 0.1) is 0 Å². The van der Waals surface area contributed by atoms with E-state index in [4.69, 9.17) is 4.74 Å². The molecule has 0 radical (unpaired) electrons. The van der Waals surface area contributed by atoms with Crippen LogP contribution in [-0.4, -0.2) is 28.1 Å². The van der Waals surface area contributed by atoms with Gasteiger partial charge < -0.3 is 10.1 Å². The normalized spacial score (nSPS) is 12.9. The number of hydrogen-bond donors (Lipinski definition) is 1. The lowest BCUT2D eigenvalue weighted by Crippen LogP contribution is -2.41. The van der Waals surface area contributed by atoms with Crippen molar-refractivity contribution < 1.29 is 9.53 Å². The highest BCUT2D eigenvalue weighted by Crippen LogP contribution is 2.08. The number of halogens is 1. The first-order valence-electron chi connectivity index (χ1n) is 5.85. The maximum absolute atomic E-state index is 11.6. The zero-order chi connectivity index (χ0) is 13.6. The number of nitrogens with one attached hydrogen (secondary N) is 1. The van der Waals surface area contributed by atoms with Crippen molar-refractivity contribution in [2.24, 2.45) is 0 Å². The van der Waals surface area contributed by atoms with Crippen LogP contribution in [0.5, 0.6) is 0 Å². The molecule has 1 N–H and O–H groups in total. The van der Waals surface area contributed by atoms with Gasteiger partial charge >= 0.3 is 6.09 Å². The zero-order valence-electron chi connectivity index (χ0n) is 10.9. The monoisotopic (exact) mass is 314 g/mol. The summed E-state index contributed by atoms with van der Waals surface area (Å²) in [6.07, 6.45) is 3.86. The summed E-state index contributed by atoms with van der Waals surface area (Å²) in [5.74, 6) is 0. The molecule has 0 aliphatic rings. The predicted octanol–water partition coefficient (Wildman–Crippen LogP) is 2.91. The lowest BCUT2D eigenvalue weighted by molar-refractivity contribution is 0.0510. The third kappa shape index (κ3) is 6.00. The molecular formula is C13H19BrN2O2. The SMILES string of the molecule is CC(C)(C)OC(=O)NC(CBr)Cc1cccnc1. The second-order valence-corrected chi connectivity index (χ2v) is 5.71. The fourth-order valence-electron chi connectivity index (χ4n) is 1.42. The minimum absolute atomic E-state index is 0.0101. The molecule has 0 saturated carbocycles. The van der Waals surface area contributed by atoms with Crippen LogP contribution in [0.1, 0.15) is 26.3 Å². The number of alkyl halides is 1. The maximum Gasteiger partial charge on any atom is 0.407 e. The van der Waals surface area contributed by atoms with Crippen molar-refractivity contribution in [2.75, 3.05) is 5.33 Å². The van der Waals surface area contributed by atoms with Gasteiger partial charge in [-0.25, -0.2) is 4.79 Å². The molecule has 0 aliphatic heterocycles. The van der Waals surface area contributed by atoms with E-state index < -0.39 is 11.7 Å². The summed E-state index contributed by atoms with van der Waals surface area (Å²) in [7, 11) is 0. The fourth-order valence-corrected chi connectivity index (χ4v) is 1.81. The Kier molecular flexibility index (Phi) is 5.59. The summed E-state index contributed by atoms with van der Waals surface area (Å²) in [4.78, 5) is 15.7. The van der Waals surface area contributed by atoms with Crippen LogP contribution in [0.3, 0.4) is 0 Å². The Morgan fingerprint density at radius 2 is 2.28 bits per heavy atom. The van der Waals surface area contributed by atoms with E-state index >= 15 is 0 Å². The van der Waals surface area contributed by atoms with Gasteiger partial charge in [0.1, 0.15) is 5.60 Å². The lowest BCUT2D eigenvalue weighted by Gasteiger charge is -2.22. The summed E-state index contributed by atoms with van der Waals surface area (Å²) in [5.41, 5.74) is 0.605. The molecule has 0 fully saturated rings. The lowest BCUT2D eigenvalue weighted by atomic mass is 10.1.